The van der Waals surface area contributed by atoms with Crippen molar-refractivity contribution in [3.63, 3.8) is 0 Å². The van der Waals surface area contributed by atoms with E-state index in [1.165, 1.54) is 14.0 Å². The minimum atomic E-state index is -3.97. The molecule has 10 heteroatoms. The lowest BCUT2D eigenvalue weighted by Crippen LogP contribution is -2.64. The van der Waals surface area contributed by atoms with Crippen molar-refractivity contribution in [2.45, 2.75) is 23.1 Å². The van der Waals surface area contributed by atoms with Crippen LogP contribution in [0.5, 0.6) is 0 Å². The molecule has 1 amide bonds. The minimum Gasteiger partial charge on any atom is -0.480 e. The summed E-state index contributed by atoms with van der Waals surface area (Å²) in [5.41, 5.74) is 2.34. The van der Waals surface area contributed by atoms with Gasteiger partial charge in [-0.2, -0.15) is 0 Å². The van der Waals surface area contributed by atoms with Crippen LogP contribution in [0.4, 0.5) is 0 Å². The summed E-state index contributed by atoms with van der Waals surface area (Å²) in [6.45, 7) is 0.355. The van der Waals surface area contributed by atoms with E-state index in [9.17, 15) is 23.1 Å². The van der Waals surface area contributed by atoms with E-state index in [1.54, 1.807) is 0 Å². The molecular weight excluding hydrogens is 292 g/mol. The molecule has 0 aromatic rings. The third-order valence-electron chi connectivity index (χ3n) is 4.01. The molecule has 2 saturated heterocycles. The highest BCUT2D eigenvalue weighted by Crippen LogP contribution is 2.48. The van der Waals surface area contributed by atoms with Crippen molar-refractivity contribution >= 4 is 21.7 Å². The number of carbonyl (C=O) groups is 2. The Morgan fingerprint density at radius 3 is 2.60 bits per heavy atom. The lowest BCUT2D eigenvalue weighted by molar-refractivity contribution is -0.165. The minimum absolute atomic E-state index is 0.277. The van der Waals surface area contributed by atoms with Crippen LogP contribution in [0.1, 0.15) is 6.92 Å². The number of carboxylic acids is 1. The fourth-order valence-corrected chi connectivity index (χ4v) is 5.37. The molecule has 0 radical (unpaired) electrons. The number of hydrogen-bond acceptors (Lipinski definition) is 7. The fourth-order valence-electron chi connectivity index (χ4n) is 2.88. The van der Waals surface area contributed by atoms with E-state index in [1.807, 2.05) is 0 Å². The van der Waals surface area contributed by atoms with Crippen LogP contribution in [0.2, 0.25) is 0 Å². The van der Waals surface area contributed by atoms with Crippen LogP contribution in [0.3, 0.4) is 0 Å². The Morgan fingerprint density at radius 2 is 2.15 bits per heavy atom. The molecule has 2 fully saturated rings. The van der Waals surface area contributed by atoms with Gasteiger partial charge in [0.2, 0.25) is 5.91 Å². The number of amides is 1. The lowest BCUT2D eigenvalue weighted by Gasteiger charge is -2.41. The summed E-state index contributed by atoms with van der Waals surface area (Å²) in [5, 5.41) is 17.1. The Morgan fingerprint density at radius 1 is 1.55 bits per heavy atom. The Balaban J connectivity index is 2.50. The van der Waals surface area contributed by atoms with Crippen molar-refractivity contribution in [2.75, 3.05) is 20.3 Å². The molecule has 0 unspecified atom stereocenters. The van der Waals surface area contributed by atoms with Crippen LogP contribution in [0.25, 0.3) is 0 Å². The van der Waals surface area contributed by atoms with Crippen molar-refractivity contribution in [1.82, 2.24) is 10.4 Å². The third kappa shape index (κ3) is 1.62. The zero-order chi connectivity index (χ0) is 15.3. The van der Waals surface area contributed by atoms with Gasteiger partial charge >= 0.3 is 5.97 Å². The first kappa shape index (κ1) is 15.2. The number of aliphatic hydroxyl groups is 1. The highest BCUT2D eigenvalue weighted by molar-refractivity contribution is 7.94. The van der Waals surface area contributed by atoms with E-state index in [4.69, 9.17) is 5.11 Å². The van der Waals surface area contributed by atoms with Crippen molar-refractivity contribution in [3.05, 3.63) is 0 Å². The van der Waals surface area contributed by atoms with Gasteiger partial charge in [0.1, 0.15) is 10.1 Å². The summed E-state index contributed by atoms with van der Waals surface area (Å²) in [5.74, 6) is -3.15. The zero-order valence-electron chi connectivity index (χ0n) is 10.9. The molecule has 4 atom stereocenters. The van der Waals surface area contributed by atoms with E-state index in [-0.39, 0.29) is 6.54 Å². The topological polar surface area (TPSA) is 133 Å². The molecule has 9 nitrogen and oxygen atoms in total. The monoisotopic (exact) mass is 308 g/mol. The average molecular weight is 308 g/mol. The molecule has 2 aliphatic rings. The Hall–Kier alpha value is -1.23. The van der Waals surface area contributed by atoms with Gasteiger partial charge in [-0.25, -0.2) is 18.7 Å². The molecule has 0 aromatic heterocycles. The molecule has 2 aliphatic heterocycles. The van der Waals surface area contributed by atoms with Gasteiger partial charge in [0.25, 0.3) is 0 Å². The van der Waals surface area contributed by atoms with Crippen LogP contribution in [-0.4, -0.2) is 71.8 Å². The van der Waals surface area contributed by atoms with Crippen molar-refractivity contribution in [3.8, 4) is 0 Å². The Kier molecular flexibility index (Phi) is 3.53. The highest BCUT2D eigenvalue weighted by atomic mass is 32.2. The summed E-state index contributed by atoms with van der Waals surface area (Å²) in [4.78, 5) is 28.7. The second kappa shape index (κ2) is 4.65. The van der Waals surface area contributed by atoms with Crippen LogP contribution in [-0.2, 0) is 24.3 Å². The number of hydroxylamine groups is 1. The molecule has 114 valence electrons. The van der Waals surface area contributed by atoms with E-state index in [2.05, 4.69) is 10.3 Å². The number of nitrogens with one attached hydrogen (secondary N) is 1. The van der Waals surface area contributed by atoms with Gasteiger partial charge in [0, 0.05) is 6.54 Å². The van der Waals surface area contributed by atoms with Gasteiger partial charge in [-0.3, -0.25) is 4.79 Å². The molecule has 20 heavy (non-hydrogen) atoms. The van der Waals surface area contributed by atoms with Crippen LogP contribution >= 0.6 is 0 Å². The Labute approximate surface area is 115 Å². The standard InChI is InChI=1S/C10H16N2O7S/c1-10(4-11-19-2)6(9(15)16)12-7(14)5(3-13)8(12)20(10,17)18/h5-6,8,11,13H,3-4H2,1-2H3,(H,15,16)/t5-,6+,8-,10+/m1/s1. The van der Waals surface area contributed by atoms with Gasteiger partial charge in [-0.05, 0) is 6.92 Å². The molecule has 0 aromatic carbocycles. The van der Waals surface area contributed by atoms with Gasteiger partial charge < -0.3 is 20.0 Å². The third-order valence-corrected chi connectivity index (χ3v) is 6.87. The number of carbonyl (C=O) groups excluding carboxylic acids is 1. The number of nitrogens with zero attached hydrogens (tertiary/aromatic N) is 1. The molecule has 0 spiro atoms. The lowest BCUT2D eigenvalue weighted by atomic mass is 9.91. The van der Waals surface area contributed by atoms with Gasteiger partial charge in [0.05, 0.1) is 19.6 Å². The van der Waals surface area contributed by atoms with Crippen LogP contribution < -0.4 is 5.48 Å². The number of β-lactam (4-membered cyclic amide) rings is 1. The molecule has 2 rings (SSSR count). The van der Waals surface area contributed by atoms with E-state index < -0.39 is 50.4 Å². The van der Waals surface area contributed by atoms with Crippen LogP contribution in [0, 0.1) is 5.92 Å². The summed E-state index contributed by atoms with van der Waals surface area (Å²) < 4.78 is 23.4. The number of sulfone groups is 1. The molecule has 2 heterocycles. The number of fused-ring (bicyclic) bond motifs is 1. The van der Waals surface area contributed by atoms with E-state index >= 15 is 0 Å². The number of carboxylic acid groups (broad SMARTS) is 1. The maximum Gasteiger partial charge on any atom is 0.328 e. The number of aliphatic carboxylic acids is 1. The first-order chi connectivity index (χ1) is 9.24. The molecule has 0 saturated carbocycles. The number of aliphatic hydroxyl groups excluding tert-OH is 1. The second-order valence-corrected chi connectivity index (χ2v) is 7.55. The van der Waals surface area contributed by atoms with Gasteiger partial charge in [-0.1, -0.05) is 0 Å². The quantitative estimate of drug-likeness (QED) is 0.377. The largest absolute Gasteiger partial charge is 0.480 e. The highest BCUT2D eigenvalue weighted by Gasteiger charge is 2.73. The molecular formula is C10H16N2O7S. The normalized spacial score (nSPS) is 38.5. The molecule has 0 bridgehead atoms. The first-order valence-electron chi connectivity index (χ1n) is 5.89. The SMILES string of the molecule is CONC[C@@]1(C)[C@H](C(=O)O)N2C(=O)[C@@H](CO)[C@H]2S1(=O)=O. The maximum absolute atomic E-state index is 12.5. The Bertz CT molecular complexity index is 548. The van der Waals surface area contributed by atoms with Crippen molar-refractivity contribution in [1.29, 1.82) is 0 Å². The smallest absolute Gasteiger partial charge is 0.328 e. The van der Waals surface area contributed by atoms with Gasteiger partial charge in [-0.15, -0.1) is 0 Å². The number of hydrogen-bond donors (Lipinski definition) is 3. The average Bonchev–Trinajstić information content (AvgIpc) is 2.52. The zero-order valence-corrected chi connectivity index (χ0v) is 11.8. The predicted octanol–water partition coefficient (Wildman–Crippen LogP) is -2.45. The summed E-state index contributed by atoms with van der Waals surface area (Å²) in [7, 11) is -2.69. The van der Waals surface area contributed by atoms with E-state index in [0.717, 1.165) is 4.90 Å². The molecule has 0 aliphatic carbocycles. The number of rotatable bonds is 5. The van der Waals surface area contributed by atoms with Crippen molar-refractivity contribution < 1.29 is 33.1 Å². The van der Waals surface area contributed by atoms with Crippen LogP contribution in [0.15, 0.2) is 0 Å². The second-order valence-electron chi connectivity index (χ2n) is 5.05. The first-order valence-corrected chi connectivity index (χ1v) is 7.43. The summed E-state index contributed by atoms with van der Waals surface area (Å²) in [6, 6.07) is -1.50. The van der Waals surface area contributed by atoms with Crippen molar-refractivity contribution in [2.24, 2.45) is 5.92 Å². The summed E-state index contributed by atoms with van der Waals surface area (Å²) >= 11 is 0. The molecule has 3 N–H and O–H groups in total. The summed E-state index contributed by atoms with van der Waals surface area (Å²) in [6.07, 6.45) is 0. The predicted molar refractivity (Wildman–Crippen MR) is 65.0 cm³/mol. The van der Waals surface area contributed by atoms with E-state index in [0.29, 0.717) is 0 Å². The maximum atomic E-state index is 12.5. The van der Waals surface area contributed by atoms with Gasteiger partial charge in [0.15, 0.2) is 15.9 Å². The fraction of sp³-hybridized carbons (Fsp3) is 0.800.